The molecule has 19 heteroatoms. The van der Waals surface area contributed by atoms with Gasteiger partial charge in [-0.05, 0) is 118 Å². The van der Waals surface area contributed by atoms with Crippen LogP contribution in [0.2, 0.25) is 0 Å². The van der Waals surface area contributed by atoms with Gasteiger partial charge in [-0.25, -0.2) is 26.6 Å². The summed E-state index contributed by atoms with van der Waals surface area (Å²) in [4.78, 5) is 67.3. The first kappa shape index (κ1) is 47.4. The SMILES string of the molecule is CN(CCN1CCN(c2ccc3c(c2)CN(C2CCC(=O)NC2=O)C3=O)CC1)C1CCC(Oc2ccc(-c3cnc4[nH]cc(C(=O)c5c(F)ccc(NS(=O)(=O)C6CC[C@@H](F)C6)c5F)c4c3)cc2)CC1. The number of hydrogen-bond acceptors (Lipinski definition) is 11. The first-order valence-electron chi connectivity index (χ1n) is 24.1. The lowest BCUT2D eigenvalue weighted by Gasteiger charge is -2.39. The van der Waals surface area contributed by atoms with Gasteiger partial charge >= 0.3 is 0 Å². The Kier molecular flexibility index (Phi) is 13.2. The fourth-order valence-electron chi connectivity index (χ4n) is 10.7. The van der Waals surface area contributed by atoms with E-state index in [4.69, 9.17) is 4.74 Å². The number of fused-ring (bicyclic) bond motifs is 2. The molecule has 70 heavy (non-hydrogen) atoms. The van der Waals surface area contributed by atoms with Crippen LogP contribution in [0.25, 0.3) is 22.2 Å². The van der Waals surface area contributed by atoms with Crippen molar-refractivity contribution in [3.63, 3.8) is 0 Å². The number of likely N-dealkylation sites (N-methyl/N-ethyl adjacent to an activating group) is 1. The van der Waals surface area contributed by atoms with Crippen LogP contribution >= 0.6 is 0 Å². The number of halogens is 3. The number of imide groups is 1. The number of piperazine rings is 1. The highest BCUT2D eigenvalue weighted by molar-refractivity contribution is 7.93. The van der Waals surface area contributed by atoms with E-state index in [-0.39, 0.29) is 49.2 Å². The summed E-state index contributed by atoms with van der Waals surface area (Å²) in [5.74, 6) is -3.65. The van der Waals surface area contributed by atoms with Crippen molar-refractivity contribution in [2.24, 2.45) is 0 Å². The molecule has 15 nitrogen and oxygen atoms in total. The largest absolute Gasteiger partial charge is 0.490 e. The first-order valence-corrected chi connectivity index (χ1v) is 25.6. The van der Waals surface area contributed by atoms with Crippen molar-refractivity contribution < 1.29 is 45.5 Å². The first-order chi connectivity index (χ1) is 33.7. The number of aromatic nitrogens is 2. The molecular weight excluding hydrogens is 926 g/mol. The molecule has 3 atom stereocenters. The number of nitrogens with zero attached hydrogens (tertiary/aromatic N) is 5. The number of hydrogen-bond donors (Lipinski definition) is 3. The lowest BCUT2D eigenvalue weighted by atomic mass is 9.92. The predicted molar refractivity (Wildman–Crippen MR) is 257 cm³/mol. The molecule has 5 aromatic rings. The number of amides is 3. The third-order valence-corrected chi connectivity index (χ3v) is 16.7. The van der Waals surface area contributed by atoms with Crippen LogP contribution in [0.4, 0.5) is 24.5 Å². The number of H-pyrrole nitrogens is 1. The smallest absolute Gasteiger partial charge is 0.255 e. The number of aromatic amines is 1. The summed E-state index contributed by atoms with van der Waals surface area (Å²) in [7, 11) is -1.99. The van der Waals surface area contributed by atoms with Crippen molar-refractivity contribution in [1.82, 2.24) is 30.0 Å². The van der Waals surface area contributed by atoms with Gasteiger partial charge in [-0.15, -0.1) is 0 Å². The number of rotatable bonds is 14. The van der Waals surface area contributed by atoms with Gasteiger partial charge in [0.2, 0.25) is 27.6 Å². The number of pyridine rings is 1. The van der Waals surface area contributed by atoms with Gasteiger partial charge in [0.05, 0.1) is 22.6 Å². The third kappa shape index (κ3) is 9.62. The van der Waals surface area contributed by atoms with Gasteiger partial charge < -0.3 is 24.4 Å². The van der Waals surface area contributed by atoms with E-state index in [0.717, 1.165) is 99.6 Å². The van der Waals surface area contributed by atoms with Crippen LogP contribution in [-0.4, -0.2) is 133 Å². The molecule has 0 spiro atoms. The average molecular weight is 981 g/mol. The Bertz CT molecular complexity index is 2960. The van der Waals surface area contributed by atoms with Crippen molar-refractivity contribution in [3.05, 3.63) is 107 Å². The Morgan fingerprint density at radius 2 is 1.69 bits per heavy atom. The number of sulfonamides is 1. The Balaban J connectivity index is 0.687. The summed E-state index contributed by atoms with van der Waals surface area (Å²) in [6, 6.07) is 16.8. The summed E-state index contributed by atoms with van der Waals surface area (Å²) >= 11 is 0. The van der Waals surface area contributed by atoms with E-state index in [1.165, 1.54) is 6.20 Å². The highest BCUT2D eigenvalue weighted by Crippen LogP contribution is 2.35. The van der Waals surface area contributed by atoms with E-state index in [0.29, 0.717) is 41.2 Å². The fourth-order valence-corrected chi connectivity index (χ4v) is 12.3. The topological polar surface area (TPSA) is 177 Å². The molecule has 3 N–H and O–H groups in total. The summed E-state index contributed by atoms with van der Waals surface area (Å²) in [5.41, 5.74) is 2.81. The zero-order chi connectivity index (χ0) is 48.8. The normalized spacial score (nSPS) is 23.3. The maximum absolute atomic E-state index is 15.8. The molecular formula is C51H55F3N8O7S. The molecule has 5 aliphatic rings. The number of carbonyl (C=O) groups excluding carboxylic acids is 4. The van der Waals surface area contributed by atoms with Crippen molar-refractivity contribution in [2.75, 3.05) is 55.9 Å². The molecule has 4 fully saturated rings. The molecule has 3 aromatic carbocycles. The second-order valence-electron chi connectivity index (χ2n) is 19.2. The fraction of sp³-hybridized carbons (Fsp3) is 0.431. The van der Waals surface area contributed by atoms with E-state index in [2.05, 4.69) is 47.8 Å². The molecule has 3 amide bonds. The van der Waals surface area contributed by atoms with Crippen molar-refractivity contribution in [2.45, 2.75) is 93.9 Å². The standard InChI is InChI=1S/C51H55F3N8O7S/c1-59(18-19-60-20-22-61(23-21-60)35-7-13-39-32(24-35)29-62(51(39)66)44-16-17-45(63)57-50(44)65)34-5-10-37(11-6-34)69-36-8-2-30(3-9-36)31-25-40-41(28-56-49(40)55-27-31)48(64)46-42(53)14-15-43(47(46)54)58-70(67,68)38-12-4-33(52)26-38/h2-3,7-9,13-15,24-25,27-28,33-34,37-38,44,58H,4-6,10-12,16-23,26,29H2,1H3,(H,55,56)(H,57,63,65)/t33-,34?,37?,38?,44?/m1/s1. The van der Waals surface area contributed by atoms with Gasteiger partial charge in [0.1, 0.15) is 29.4 Å². The lowest BCUT2D eigenvalue weighted by molar-refractivity contribution is -0.136. The van der Waals surface area contributed by atoms with Crippen molar-refractivity contribution >= 4 is 55.9 Å². The van der Waals surface area contributed by atoms with Crippen LogP contribution in [0.1, 0.15) is 89.6 Å². The molecule has 2 saturated heterocycles. The zero-order valence-electron chi connectivity index (χ0n) is 38.8. The molecule has 2 aromatic heterocycles. The number of alkyl halides is 1. The number of benzene rings is 3. The van der Waals surface area contributed by atoms with Crippen LogP contribution in [0, 0.1) is 11.6 Å². The molecule has 0 radical (unpaired) electrons. The van der Waals surface area contributed by atoms with Gasteiger partial charge in [-0.3, -0.25) is 34.1 Å². The van der Waals surface area contributed by atoms with Crippen LogP contribution in [0.3, 0.4) is 0 Å². The van der Waals surface area contributed by atoms with Crippen LogP contribution < -0.4 is 19.7 Å². The van der Waals surface area contributed by atoms with Gasteiger partial charge in [-0.1, -0.05) is 12.1 Å². The van der Waals surface area contributed by atoms with E-state index in [1.54, 1.807) is 17.2 Å². The van der Waals surface area contributed by atoms with Crippen LogP contribution in [-0.2, 0) is 26.2 Å². The predicted octanol–water partition coefficient (Wildman–Crippen LogP) is 6.58. The summed E-state index contributed by atoms with van der Waals surface area (Å²) in [5, 5.41) is 1.62. The number of ketones is 1. The molecule has 368 valence electrons. The van der Waals surface area contributed by atoms with Gasteiger partial charge in [0, 0.05) is 98.4 Å². The van der Waals surface area contributed by atoms with E-state index < -0.39 is 62.1 Å². The van der Waals surface area contributed by atoms with Gasteiger partial charge in [0.25, 0.3) is 5.91 Å². The Morgan fingerprint density at radius 3 is 2.41 bits per heavy atom. The van der Waals surface area contributed by atoms with Gasteiger partial charge in [-0.2, -0.15) is 0 Å². The van der Waals surface area contributed by atoms with E-state index in [1.807, 2.05) is 36.4 Å². The molecule has 0 bridgehead atoms. The minimum atomic E-state index is -4.19. The highest BCUT2D eigenvalue weighted by atomic mass is 32.2. The number of piperidine rings is 1. The number of anilines is 2. The minimum absolute atomic E-state index is 0.0465. The van der Waals surface area contributed by atoms with E-state index in [9.17, 15) is 32.0 Å². The zero-order valence-corrected chi connectivity index (χ0v) is 39.6. The second-order valence-corrected chi connectivity index (χ2v) is 21.2. The monoisotopic (exact) mass is 980 g/mol. The van der Waals surface area contributed by atoms with Crippen molar-refractivity contribution in [1.29, 1.82) is 0 Å². The Morgan fingerprint density at radius 1 is 0.914 bits per heavy atom. The second kappa shape index (κ2) is 19.5. The summed E-state index contributed by atoms with van der Waals surface area (Å²) in [6.45, 7) is 5.92. The summed E-state index contributed by atoms with van der Waals surface area (Å²) < 4.78 is 79.0. The molecule has 2 aliphatic carbocycles. The molecule has 2 unspecified atom stereocenters. The number of carbonyl (C=O) groups is 4. The summed E-state index contributed by atoms with van der Waals surface area (Å²) in [6.07, 6.45) is 6.13. The van der Waals surface area contributed by atoms with Crippen LogP contribution in [0.5, 0.6) is 5.75 Å². The average Bonchev–Trinajstić information content (AvgIpc) is 4.09. The Hall–Kier alpha value is -6.31. The molecule has 2 saturated carbocycles. The van der Waals surface area contributed by atoms with E-state index >= 15 is 8.78 Å². The third-order valence-electron chi connectivity index (χ3n) is 14.9. The quantitative estimate of drug-likeness (QED) is 0.0810. The lowest BCUT2D eigenvalue weighted by Crippen LogP contribution is -2.52. The molecule has 3 aliphatic heterocycles. The van der Waals surface area contributed by atoms with Gasteiger partial charge in [0.15, 0.2) is 5.82 Å². The maximum Gasteiger partial charge on any atom is 0.255 e. The molecule has 5 heterocycles. The van der Waals surface area contributed by atoms with Crippen LogP contribution in [0.15, 0.2) is 73.1 Å². The molecule has 10 rings (SSSR count). The van der Waals surface area contributed by atoms with Crippen molar-refractivity contribution in [3.8, 4) is 16.9 Å². The Labute approximate surface area is 403 Å². The number of ether oxygens (including phenoxy) is 1. The minimum Gasteiger partial charge on any atom is -0.490 e. The maximum atomic E-state index is 15.8. The highest BCUT2D eigenvalue weighted by Gasteiger charge is 2.40. The number of nitrogens with one attached hydrogen (secondary N) is 3.